The molecule has 0 unspecified atom stereocenters. The minimum Gasteiger partial charge on any atom is -0.481 e. The number of aryl methyl sites for hydroxylation is 1. The zero-order chi connectivity index (χ0) is 16.1. The van der Waals surface area contributed by atoms with Crippen molar-refractivity contribution in [1.82, 2.24) is 10.2 Å². The second-order valence-corrected chi connectivity index (χ2v) is 5.64. The van der Waals surface area contributed by atoms with Crippen LogP contribution in [-0.4, -0.2) is 41.6 Å². The summed E-state index contributed by atoms with van der Waals surface area (Å²) in [6, 6.07) is 4.64. The summed E-state index contributed by atoms with van der Waals surface area (Å²) >= 11 is 0. The van der Waals surface area contributed by atoms with E-state index in [0.717, 1.165) is 24.0 Å². The minimum absolute atomic E-state index is 0.0724. The highest BCUT2D eigenvalue weighted by atomic mass is 19.1. The van der Waals surface area contributed by atoms with E-state index in [1.54, 1.807) is 11.0 Å². The SMILES string of the molecule is Cc1cc(F)ccc1C1CCN(C(=O)NCCC(=O)O)CC1. The molecule has 22 heavy (non-hydrogen) atoms. The van der Waals surface area contributed by atoms with Crippen LogP contribution in [0, 0.1) is 12.7 Å². The van der Waals surface area contributed by atoms with Crippen LogP contribution in [-0.2, 0) is 4.79 Å². The summed E-state index contributed by atoms with van der Waals surface area (Å²) in [5.41, 5.74) is 2.09. The van der Waals surface area contributed by atoms with Crippen LogP contribution >= 0.6 is 0 Å². The molecule has 0 saturated carbocycles. The van der Waals surface area contributed by atoms with Crippen LogP contribution in [0.15, 0.2) is 18.2 Å². The standard InChI is InChI=1S/C16H21FN2O3/c1-11-10-13(17)2-3-14(11)12-5-8-19(9-6-12)16(22)18-7-4-15(20)21/h2-3,10,12H,4-9H2,1H3,(H,18,22)(H,20,21). The fraction of sp³-hybridized carbons (Fsp3) is 0.500. The van der Waals surface area contributed by atoms with Crippen molar-refractivity contribution in [2.75, 3.05) is 19.6 Å². The number of carbonyl (C=O) groups is 2. The number of nitrogens with one attached hydrogen (secondary N) is 1. The van der Waals surface area contributed by atoms with Gasteiger partial charge in [-0.05, 0) is 48.9 Å². The Bertz CT molecular complexity index is 554. The first-order valence-electron chi connectivity index (χ1n) is 7.48. The van der Waals surface area contributed by atoms with Gasteiger partial charge in [-0.25, -0.2) is 9.18 Å². The summed E-state index contributed by atoms with van der Waals surface area (Å²) in [5, 5.41) is 11.2. The van der Waals surface area contributed by atoms with Crippen LogP contribution in [0.5, 0.6) is 0 Å². The van der Waals surface area contributed by atoms with Crippen LogP contribution in [0.1, 0.15) is 36.3 Å². The Morgan fingerprint density at radius 2 is 2.05 bits per heavy atom. The molecular weight excluding hydrogens is 287 g/mol. The molecule has 0 aromatic heterocycles. The first kappa shape index (κ1) is 16.3. The Balaban J connectivity index is 1.84. The summed E-state index contributed by atoms with van der Waals surface area (Å²) in [7, 11) is 0. The molecule has 0 atom stereocenters. The molecule has 1 aromatic carbocycles. The topological polar surface area (TPSA) is 69.6 Å². The number of halogens is 1. The maximum absolute atomic E-state index is 13.2. The van der Waals surface area contributed by atoms with Crippen molar-refractivity contribution in [3.63, 3.8) is 0 Å². The van der Waals surface area contributed by atoms with Gasteiger partial charge in [0.05, 0.1) is 6.42 Å². The Kier molecular flexibility index (Phi) is 5.35. The van der Waals surface area contributed by atoms with E-state index in [0.29, 0.717) is 19.0 Å². The number of nitrogens with zero attached hydrogens (tertiary/aromatic N) is 1. The molecule has 5 nitrogen and oxygen atoms in total. The van der Waals surface area contributed by atoms with Crippen LogP contribution in [0.3, 0.4) is 0 Å². The van der Waals surface area contributed by atoms with Gasteiger partial charge in [-0.3, -0.25) is 4.79 Å². The number of hydrogen-bond donors (Lipinski definition) is 2. The maximum Gasteiger partial charge on any atom is 0.317 e. The Labute approximate surface area is 129 Å². The average Bonchev–Trinajstić information content (AvgIpc) is 2.47. The molecule has 2 N–H and O–H groups in total. The second kappa shape index (κ2) is 7.24. The highest BCUT2D eigenvalue weighted by Gasteiger charge is 2.24. The van der Waals surface area contributed by atoms with Gasteiger partial charge in [0.25, 0.3) is 0 Å². The molecule has 6 heteroatoms. The molecule has 0 radical (unpaired) electrons. The Morgan fingerprint density at radius 3 is 2.64 bits per heavy atom. The van der Waals surface area contributed by atoms with E-state index in [4.69, 9.17) is 5.11 Å². The smallest absolute Gasteiger partial charge is 0.317 e. The summed E-state index contributed by atoms with van der Waals surface area (Å²) in [5.74, 6) is -0.814. The molecule has 0 spiro atoms. The van der Waals surface area contributed by atoms with Gasteiger partial charge in [-0.15, -0.1) is 0 Å². The number of benzene rings is 1. The van der Waals surface area contributed by atoms with E-state index in [1.165, 1.54) is 6.07 Å². The van der Waals surface area contributed by atoms with E-state index < -0.39 is 5.97 Å². The highest BCUT2D eigenvalue weighted by Crippen LogP contribution is 2.30. The number of carboxylic acid groups (broad SMARTS) is 1. The highest BCUT2D eigenvalue weighted by molar-refractivity contribution is 5.75. The fourth-order valence-electron chi connectivity index (χ4n) is 2.88. The number of piperidine rings is 1. The van der Waals surface area contributed by atoms with Crippen molar-refractivity contribution in [3.8, 4) is 0 Å². The number of urea groups is 1. The number of aliphatic carboxylic acids is 1. The van der Waals surface area contributed by atoms with Crippen LogP contribution in [0.4, 0.5) is 9.18 Å². The molecule has 0 bridgehead atoms. The predicted octanol–water partition coefficient (Wildman–Crippen LogP) is 2.50. The molecule has 120 valence electrons. The molecule has 1 saturated heterocycles. The molecule has 1 heterocycles. The van der Waals surface area contributed by atoms with E-state index >= 15 is 0 Å². The molecule has 1 fully saturated rings. The number of likely N-dealkylation sites (tertiary alicyclic amines) is 1. The van der Waals surface area contributed by atoms with Crippen molar-refractivity contribution >= 4 is 12.0 Å². The monoisotopic (exact) mass is 308 g/mol. The number of amides is 2. The predicted molar refractivity (Wildman–Crippen MR) is 80.3 cm³/mol. The van der Waals surface area contributed by atoms with Crippen LogP contribution in [0.2, 0.25) is 0 Å². The number of rotatable bonds is 4. The lowest BCUT2D eigenvalue weighted by atomic mass is 9.87. The average molecular weight is 308 g/mol. The van der Waals surface area contributed by atoms with Gasteiger partial charge in [0.2, 0.25) is 0 Å². The van der Waals surface area contributed by atoms with Gasteiger partial charge in [0.1, 0.15) is 5.82 Å². The van der Waals surface area contributed by atoms with Crippen molar-refractivity contribution < 1.29 is 19.1 Å². The summed E-state index contributed by atoms with van der Waals surface area (Å²) in [6.45, 7) is 3.30. The van der Waals surface area contributed by atoms with Gasteiger partial charge in [0, 0.05) is 19.6 Å². The van der Waals surface area contributed by atoms with Crippen molar-refractivity contribution in [2.45, 2.75) is 32.1 Å². The molecular formula is C16H21FN2O3. The zero-order valence-electron chi connectivity index (χ0n) is 12.6. The third-order valence-electron chi connectivity index (χ3n) is 4.07. The number of carboxylic acids is 1. The van der Waals surface area contributed by atoms with E-state index in [2.05, 4.69) is 5.32 Å². The Morgan fingerprint density at radius 1 is 1.36 bits per heavy atom. The van der Waals surface area contributed by atoms with Gasteiger partial charge in [-0.1, -0.05) is 6.07 Å². The third-order valence-corrected chi connectivity index (χ3v) is 4.07. The lowest BCUT2D eigenvalue weighted by Crippen LogP contribution is -2.44. The van der Waals surface area contributed by atoms with Crippen molar-refractivity contribution in [1.29, 1.82) is 0 Å². The Hall–Kier alpha value is -2.11. The largest absolute Gasteiger partial charge is 0.481 e. The summed E-state index contributed by atoms with van der Waals surface area (Å²) in [4.78, 5) is 24.0. The van der Waals surface area contributed by atoms with E-state index in [9.17, 15) is 14.0 Å². The molecule has 1 aromatic rings. The molecule has 2 rings (SSSR count). The zero-order valence-corrected chi connectivity index (χ0v) is 12.6. The normalized spacial score (nSPS) is 15.6. The molecule has 0 aliphatic carbocycles. The van der Waals surface area contributed by atoms with E-state index in [-0.39, 0.29) is 24.8 Å². The fourth-order valence-corrected chi connectivity index (χ4v) is 2.88. The van der Waals surface area contributed by atoms with Gasteiger partial charge in [0.15, 0.2) is 0 Å². The maximum atomic E-state index is 13.2. The van der Waals surface area contributed by atoms with Gasteiger partial charge >= 0.3 is 12.0 Å². The minimum atomic E-state index is -0.925. The molecule has 1 aliphatic rings. The van der Waals surface area contributed by atoms with Gasteiger partial charge < -0.3 is 15.3 Å². The molecule has 1 aliphatic heterocycles. The van der Waals surface area contributed by atoms with Crippen LogP contribution < -0.4 is 5.32 Å². The van der Waals surface area contributed by atoms with Crippen LogP contribution in [0.25, 0.3) is 0 Å². The van der Waals surface area contributed by atoms with Crippen molar-refractivity contribution in [3.05, 3.63) is 35.1 Å². The quantitative estimate of drug-likeness (QED) is 0.898. The lowest BCUT2D eigenvalue weighted by molar-refractivity contribution is -0.136. The first-order chi connectivity index (χ1) is 10.5. The lowest BCUT2D eigenvalue weighted by Gasteiger charge is -2.32. The third kappa shape index (κ3) is 4.19. The summed E-state index contributed by atoms with van der Waals surface area (Å²) in [6.07, 6.45) is 1.59. The van der Waals surface area contributed by atoms with Crippen molar-refractivity contribution in [2.24, 2.45) is 0 Å². The first-order valence-corrected chi connectivity index (χ1v) is 7.48. The number of hydrogen-bond acceptors (Lipinski definition) is 2. The molecule has 2 amide bonds. The van der Waals surface area contributed by atoms with E-state index in [1.807, 2.05) is 13.0 Å². The number of carbonyl (C=O) groups excluding carboxylic acids is 1. The van der Waals surface area contributed by atoms with Gasteiger partial charge in [-0.2, -0.15) is 0 Å². The summed E-state index contributed by atoms with van der Waals surface area (Å²) < 4.78 is 13.2. The second-order valence-electron chi connectivity index (χ2n) is 5.64.